The Labute approximate surface area is 133 Å². The van der Waals surface area contributed by atoms with Crippen LogP contribution in [0.3, 0.4) is 0 Å². The van der Waals surface area contributed by atoms with Crippen molar-refractivity contribution in [2.24, 2.45) is 0 Å². The standard InChI is InChI=1S/C14H18BrNO4S/c1-10-9-20-12(7-15)8-16(10)14(17)11-4-3-5-13(6-11)21(2,18)19/h3-6,10,12H,7-9H2,1-2H3. The van der Waals surface area contributed by atoms with Gasteiger partial charge in [0.15, 0.2) is 9.84 Å². The Balaban J connectivity index is 2.27. The summed E-state index contributed by atoms with van der Waals surface area (Å²) in [6, 6.07) is 6.13. The molecule has 1 amide bonds. The molecule has 0 aromatic heterocycles. The number of carbonyl (C=O) groups excluding carboxylic acids is 1. The average Bonchev–Trinajstić information content (AvgIpc) is 2.46. The van der Waals surface area contributed by atoms with E-state index in [-0.39, 0.29) is 22.9 Å². The molecule has 0 saturated carbocycles. The number of alkyl halides is 1. The smallest absolute Gasteiger partial charge is 0.254 e. The number of halogens is 1. The van der Waals surface area contributed by atoms with E-state index in [9.17, 15) is 13.2 Å². The highest BCUT2D eigenvalue weighted by atomic mass is 79.9. The quantitative estimate of drug-likeness (QED) is 0.754. The van der Waals surface area contributed by atoms with Crippen molar-refractivity contribution in [1.29, 1.82) is 0 Å². The Morgan fingerprint density at radius 1 is 1.48 bits per heavy atom. The lowest BCUT2D eigenvalue weighted by Gasteiger charge is -2.37. The maximum atomic E-state index is 12.6. The van der Waals surface area contributed by atoms with Crippen LogP contribution in [0.1, 0.15) is 17.3 Å². The fourth-order valence-electron chi connectivity index (χ4n) is 2.22. The zero-order valence-electron chi connectivity index (χ0n) is 12.0. The molecule has 0 aliphatic carbocycles. The lowest BCUT2D eigenvalue weighted by atomic mass is 10.1. The molecule has 116 valence electrons. The minimum Gasteiger partial charge on any atom is -0.373 e. The Kier molecular flexibility index (Phi) is 5.06. The van der Waals surface area contributed by atoms with Crippen LogP contribution in [0.2, 0.25) is 0 Å². The number of sulfone groups is 1. The van der Waals surface area contributed by atoms with Gasteiger partial charge in [0.2, 0.25) is 0 Å². The molecule has 0 spiro atoms. The van der Waals surface area contributed by atoms with E-state index in [2.05, 4.69) is 15.9 Å². The van der Waals surface area contributed by atoms with E-state index in [4.69, 9.17) is 4.74 Å². The molecule has 1 aliphatic rings. The molecule has 0 radical (unpaired) electrons. The fourth-order valence-corrected chi connectivity index (χ4v) is 3.28. The second kappa shape index (κ2) is 6.46. The molecule has 2 atom stereocenters. The molecule has 2 rings (SSSR count). The molecule has 1 aliphatic heterocycles. The van der Waals surface area contributed by atoms with Crippen molar-refractivity contribution in [3.8, 4) is 0 Å². The number of benzene rings is 1. The van der Waals surface area contributed by atoms with Crippen LogP contribution in [0.15, 0.2) is 29.2 Å². The number of ether oxygens (including phenoxy) is 1. The largest absolute Gasteiger partial charge is 0.373 e. The average molecular weight is 376 g/mol. The van der Waals surface area contributed by atoms with Gasteiger partial charge in [-0.25, -0.2) is 8.42 Å². The number of hydrogen-bond donors (Lipinski definition) is 0. The number of nitrogens with zero attached hydrogens (tertiary/aromatic N) is 1. The van der Waals surface area contributed by atoms with Crippen LogP contribution in [-0.2, 0) is 14.6 Å². The highest BCUT2D eigenvalue weighted by molar-refractivity contribution is 9.09. The number of rotatable bonds is 3. The van der Waals surface area contributed by atoms with Crippen molar-refractivity contribution in [2.45, 2.75) is 24.0 Å². The lowest BCUT2D eigenvalue weighted by Crippen LogP contribution is -2.51. The Morgan fingerprint density at radius 3 is 2.81 bits per heavy atom. The number of hydrogen-bond acceptors (Lipinski definition) is 4. The third kappa shape index (κ3) is 3.84. The molecule has 2 unspecified atom stereocenters. The molecule has 0 N–H and O–H groups in total. The summed E-state index contributed by atoms with van der Waals surface area (Å²) in [6.07, 6.45) is 1.10. The van der Waals surface area contributed by atoms with E-state index in [1.165, 1.54) is 12.1 Å². The van der Waals surface area contributed by atoms with E-state index in [0.717, 1.165) is 6.26 Å². The normalized spacial score (nSPS) is 23.1. The van der Waals surface area contributed by atoms with Gasteiger partial charge in [-0.1, -0.05) is 22.0 Å². The van der Waals surface area contributed by atoms with Gasteiger partial charge in [0.25, 0.3) is 5.91 Å². The topological polar surface area (TPSA) is 63.7 Å². The highest BCUT2D eigenvalue weighted by Crippen LogP contribution is 2.19. The van der Waals surface area contributed by atoms with Crippen molar-refractivity contribution in [3.63, 3.8) is 0 Å². The van der Waals surface area contributed by atoms with Gasteiger partial charge in [-0.05, 0) is 25.1 Å². The Bertz CT molecular complexity index is 632. The summed E-state index contributed by atoms with van der Waals surface area (Å²) in [5.41, 5.74) is 0.389. The third-order valence-corrected chi connectivity index (χ3v) is 5.28. The van der Waals surface area contributed by atoms with Crippen molar-refractivity contribution in [2.75, 3.05) is 24.7 Å². The minimum atomic E-state index is -3.32. The van der Waals surface area contributed by atoms with Gasteiger partial charge >= 0.3 is 0 Å². The molecule has 0 bridgehead atoms. The number of amides is 1. The van der Waals surface area contributed by atoms with Crippen molar-refractivity contribution >= 4 is 31.7 Å². The summed E-state index contributed by atoms with van der Waals surface area (Å²) >= 11 is 3.36. The Morgan fingerprint density at radius 2 is 2.19 bits per heavy atom. The number of morpholine rings is 1. The maximum absolute atomic E-state index is 12.6. The molecular weight excluding hydrogens is 358 g/mol. The van der Waals surface area contributed by atoms with E-state index >= 15 is 0 Å². The second-order valence-electron chi connectivity index (χ2n) is 5.22. The first kappa shape index (κ1) is 16.5. The number of carbonyl (C=O) groups is 1. The summed E-state index contributed by atoms with van der Waals surface area (Å²) in [4.78, 5) is 14.5. The van der Waals surface area contributed by atoms with Crippen LogP contribution in [-0.4, -0.2) is 56.1 Å². The van der Waals surface area contributed by atoms with Crippen LogP contribution in [0, 0.1) is 0 Å². The van der Waals surface area contributed by atoms with Crippen LogP contribution in [0.25, 0.3) is 0 Å². The van der Waals surface area contributed by atoms with Gasteiger partial charge in [0.05, 0.1) is 23.6 Å². The predicted molar refractivity (Wildman–Crippen MR) is 83.6 cm³/mol. The minimum absolute atomic E-state index is 0.0327. The van der Waals surface area contributed by atoms with Gasteiger partial charge in [-0.3, -0.25) is 4.79 Å². The Hall–Kier alpha value is -0.920. The molecule has 1 fully saturated rings. The summed E-state index contributed by atoms with van der Waals surface area (Å²) in [7, 11) is -3.32. The van der Waals surface area contributed by atoms with E-state index in [1.807, 2.05) is 6.92 Å². The zero-order chi connectivity index (χ0) is 15.6. The highest BCUT2D eigenvalue weighted by Gasteiger charge is 2.30. The molecule has 1 saturated heterocycles. The van der Waals surface area contributed by atoms with Crippen LogP contribution in [0.5, 0.6) is 0 Å². The van der Waals surface area contributed by atoms with E-state index in [1.54, 1.807) is 17.0 Å². The predicted octanol–water partition coefficient (Wildman–Crippen LogP) is 1.71. The molecule has 1 aromatic carbocycles. The second-order valence-corrected chi connectivity index (χ2v) is 7.88. The van der Waals surface area contributed by atoms with Crippen molar-refractivity contribution < 1.29 is 17.9 Å². The monoisotopic (exact) mass is 375 g/mol. The zero-order valence-corrected chi connectivity index (χ0v) is 14.4. The van der Waals surface area contributed by atoms with Crippen LogP contribution in [0.4, 0.5) is 0 Å². The summed E-state index contributed by atoms with van der Waals surface area (Å²) < 4.78 is 28.8. The first-order valence-corrected chi connectivity index (χ1v) is 9.63. The first-order chi connectivity index (χ1) is 9.82. The molecule has 1 aromatic rings. The molecule has 1 heterocycles. The summed E-state index contributed by atoms with van der Waals surface area (Å²) in [6.45, 7) is 2.89. The van der Waals surface area contributed by atoms with Gasteiger partial charge in [0, 0.05) is 23.7 Å². The van der Waals surface area contributed by atoms with Crippen molar-refractivity contribution in [1.82, 2.24) is 4.90 Å². The van der Waals surface area contributed by atoms with E-state index in [0.29, 0.717) is 24.0 Å². The summed E-state index contributed by atoms with van der Waals surface area (Å²) in [5.74, 6) is -0.165. The van der Waals surface area contributed by atoms with Crippen LogP contribution >= 0.6 is 15.9 Å². The lowest BCUT2D eigenvalue weighted by molar-refractivity contribution is -0.0361. The van der Waals surface area contributed by atoms with Gasteiger partial charge in [-0.15, -0.1) is 0 Å². The van der Waals surface area contributed by atoms with Gasteiger partial charge in [-0.2, -0.15) is 0 Å². The molecular formula is C14H18BrNO4S. The molecule has 7 heteroatoms. The van der Waals surface area contributed by atoms with Crippen molar-refractivity contribution in [3.05, 3.63) is 29.8 Å². The van der Waals surface area contributed by atoms with Gasteiger partial charge < -0.3 is 9.64 Å². The fraction of sp³-hybridized carbons (Fsp3) is 0.500. The van der Waals surface area contributed by atoms with Gasteiger partial charge in [0.1, 0.15) is 0 Å². The maximum Gasteiger partial charge on any atom is 0.254 e. The van der Waals surface area contributed by atoms with Crippen LogP contribution < -0.4 is 0 Å². The third-order valence-electron chi connectivity index (χ3n) is 3.45. The SMILES string of the molecule is CC1COC(CBr)CN1C(=O)c1cccc(S(C)(=O)=O)c1. The first-order valence-electron chi connectivity index (χ1n) is 6.61. The molecule has 21 heavy (non-hydrogen) atoms. The summed E-state index contributed by atoms with van der Waals surface area (Å²) in [5, 5.41) is 0.660. The van der Waals surface area contributed by atoms with E-state index < -0.39 is 9.84 Å². The molecule has 5 nitrogen and oxygen atoms in total.